The maximum absolute atomic E-state index is 11.9. The number of hydrogen-bond acceptors (Lipinski definition) is 3. The van der Waals surface area contributed by atoms with Crippen LogP contribution in [0.15, 0.2) is 18.3 Å². The van der Waals surface area contributed by atoms with Crippen molar-refractivity contribution in [2.45, 2.75) is 32.2 Å². The molecule has 1 aromatic rings. The summed E-state index contributed by atoms with van der Waals surface area (Å²) in [4.78, 5) is 29.5. The summed E-state index contributed by atoms with van der Waals surface area (Å²) in [6.07, 6.45) is 4.04. The Morgan fingerprint density at radius 1 is 1.50 bits per heavy atom. The van der Waals surface area contributed by atoms with Gasteiger partial charge >= 0.3 is 0 Å². The first kappa shape index (κ1) is 14.8. The molecule has 0 spiro atoms. The van der Waals surface area contributed by atoms with Gasteiger partial charge in [-0.25, -0.2) is 4.98 Å². The van der Waals surface area contributed by atoms with Crippen LogP contribution in [0, 0.1) is 0 Å². The highest BCUT2D eigenvalue weighted by atomic mass is 35.5. The van der Waals surface area contributed by atoms with Crippen molar-refractivity contribution in [1.29, 1.82) is 0 Å². The van der Waals surface area contributed by atoms with E-state index in [1.54, 1.807) is 12.1 Å². The van der Waals surface area contributed by atoms with Crippen LogP contribution in [0.5, 0.6) is 0 Å². The minimum Gasteiger partial charge on any atom is -0.349 e. The first-order valence-corrected chi connectivity index (χ1v) is 7.15. The van der Waals surface area contributed by atoms with Crippen molar-refractivity contribution in [3.8, 4) is 0 Å². The molecule has 1 saturated heterocycles. The third-order valence-corrected chi connectivity index (χ3v) is 3.63. The van der Waals surface area contributed by atoms with Crippen LogP contribution in [-0.2, 0) is 4.79 Å². The molecule has 0 bridgehead atoms. The van der Waals surface area contributed by atoms with Gasteiger partial charge in [-0.1, -0.05) is 11.6 Å². The van der Waals surface area contributed by atoms with Crippen molar-refractivity contribution in [3.05, 3.63) is 29.0 Å². The normalized spacial score (nSPS) is 16.9. The van der Waals surface area contributed by atoms with Crippen molar-refractivity contribution in [1.82, 2.24) is 15.2 Å². The molecule has 0 unspecified atom stereocenters. The van der Waals surface area contributed by atoms with Gasteiger partial charge in [0.15, 0.2) is 0 Å². The molecule has 20 heavy (non-hydrogen) atoms. The van der Waals surface area contributed by atoms with Gasteiger partial charge in [-0.3, -0.25) is 9.59 Å². The number of likely N-dealkylation sites (tertiary alicyclic amines) is 1. The Bertz CT molecular complexity index is 490. The Morgan fingerprint density at radius 2 is 2.30 bits per heavy atom. The fraction of sp³-hybridized carbons (Fsp3) is 0.500. The van der Waals surface area contributed by atoms with Crippen molar-refractivity contribution in [3.63, 3.8) is 0 Å². The molecule has 1 fully saturated rings. The Morgan fingerprint density at radius 3 is 2.95 bits per heavy atom. The third-order valence-electron chi connectivity index (χ3n) is 3.41. The van der Waals surface area contributed by atoms with E-state index in [1.165, 1.54) is 6.20 Å². The predicted molar refractivity (Wildman–Crippen MR) is 76.6 cm³/mol. The van der Waals surface area contributed by atoms with Crippen LogP contribution < -0.4 is 5.32 Å². The van der Waals surface area contributed by atoms with Crippen LogP contribution >= 0.6 is 11.6 Å². The molecule has 2 rings (SSSR count). The number of hydrogen-bond donors (Lipinski definition) is 1. The van der Waals surface area contributed by atoms with Crippen LogP contribution in [-0.4, -0.2) is 40.8 Å². The second kappa shape index (κ2) is 6.70. The first-order valence-electron chi connectivity index (χ1n) is 6.77. The maximum atomic E-state index is 11.9. The van der Waals surface area contributed by atoms with Gasteiger partial charge in [0.05, 0.1) is 5.02 Å². The van der Waals surface area contributed by atoms with Crippen LogP contribution in [0.4, 0.5) is 0 Å². The molecule has 1 aliphatic rings. The molecule has 108 valence electrons. The van der Waals surface area contributed by atoms with Crippen molar-refractivity contribution < 1.29 is 9.59 Å². The van der Waals surface area contributed by atoms with E-state index in [4.69, 9.17) is 11.6 Å². The Balaban J connectivity index is 1.86. The van der Waals surface area contributed by atoms with Crippen molar-refractivity contribution in [2.75, 3.05) is 13.1 Å². The molecule has 2 amide bonds. The van der Waals surface area contributed by atoms with E-state index in [0.29, 0.717) is 23.7 Å². The second-order valence-corrected chi connectivity index (χ2v) is 5.40. The minimum absolute atomic E-state index is 0.000879. The number of pyridine rings is 1. The number of nitrogens with zero attached hydrogens (tertiary/aromatic N) is 2. The number of nitrogens with one attached hydrogen (secondary N) is 1. The quantitative estimate of drug-likeness (QED) is 0.922. The van der Waals surface area contributed by atoms with Crippen LogP contribution in [0.3, 0.4) is 0 Å². The number of piperidine rings is 1. The van der Waals surface area contributed by atoms with Crippen LogP contribution in [0.25, 0.3) is 0 Å². The molecule has 6 heteroatoms. The van der Waals surface area contributed by atoms with Crippen LogP contribution in [0.2, 0.25) is 5.02 Å². The molecule has 1 atom stereocenters. The Kier molecular flexibility index (Phi) is 4.95. The van der Waals surface area contributed by atoms with Gasteiger partial charge in [-0.2, -0.15) is 0 Å². The fourth-order valence-electron chi connectivity index (χ4n) is 2.24. The number of aromatic nitrogens is 1. The van der Waals surface area contributed by atoms with E-state index >= 15 is 0 Å². The number of rotatable bonds is 4. The van der Waals surface area contributed by atoms with Crippen molar-refractivity contribution in [2.24, 2.45) is 0 Å². The largest absolute Gasteiger partial charge is 0.349 e. The molecule has 0 saturated carbocycles. The molecule has 1 aromatic heterocycles. The summed E-state index contributed by atoms with van der Waals surface area (Å²) in [6, 6.07) is 3.20. The van der Waals surface area contributed by atoms with Gasteiger partial charge in [-0.15, -0.1) is 0 Å². The fourth-order valence-corrected chi connectivity index (χ4v) is 2.36. The van der Waals surface area contributed by atoms with E-state index < -0.39 is 0 Å². The summed E-state index contributed by atoms with van der Waals surface area (Å²) in [5, 5.41) is 3.29. The Hall–Kier alpha value is -1.62. The molecular formula is C14H18ClN3O2. The van der Waals surface area contributed by atoms with Gasteiger partial charge in [-0.05, 0) is 31.9 Å². The zero-order chi connectivity index (χ0) is 14.5. The molecule has 2 heterocycles. The van der Waals surface area contributed by atoms with Gasteiger partial charge in [0.1, 0.15) is 5.69 Å². The molecule has 1 aliphatic heterocycles. The van der Waals surface area contributed by atoms with E-state index in [9.17, 15) is 9.59 Å². The summed E-state index contributed by atoms with van der Waals surface area (Å²) in [7, 11) is 0. The average molecular weight is 296 g/mol. The number of carbonyl (C=O) groups is 2. The number of halogens is 1. The molecule has 0 radical (unpaired) electrons. The first-order chi connectivity index (χ1) is 9.58. The number of amides is 2. The molecule has 0 aliphatic carbocycles. The van der Waals surface area contributed by atoms with Gasteiger partial charge in [0.25, 0.3) is 5.91 Å². The van der Waals surface area contributed by atoms with Crippen LogP contribution in [0.1, 0.15) is 36.7 Å². The standard InChI is InChI=1S/C14H18ClN3O2/c1-10(18-7-3-2-4-13(18)19)8-17-14(20)12-6-5-11(15)9-16-12/h5-6,9-10H,2-4,7-8H2,1H3,(H,17,20)/t10-/m0/s1. The smallest absolute Gasteiger partial charge is 0.269 e. The van der Waals surface area contributed by atoms with E-state index in [-0.39, 0.29) is 17.9 Å². The predicted octanol–water partition coefficient (Wildman–Crippen LogP) is 1.87. The molecule has 0 aromatic carbocycles. The monoisotopic (exact) mass is 295 g/mol. The minimum atomic E-state index is -0.252. The second-order valence-electron chi connectivity index (χ2n) is 4.96. The summed E-state index contributed by atoms with van der Waals surface area (Å²) in [6.45, 7) is 3.14. The Labute approximate surface area is 123 Å². The lowest BCUT2D eigenvalue weighted by Gasteiger charge is -2.32. The summed E-state index contributed by atoms with van der Waals surface area (Å²) >= 11 is 5.72. The van der Waals surface area contributed by atoms with E-state index in [0.717, 1.165) is 19.4 Å². The lowest BCUT2D eigenvalue weighted by atomic mass is 10.1. The summed E-state index contributed by atoms with van der Waals surface area (Å²) in [5.74, 6) is -0.0828. The number of carbonyl (C=O) groups excluding carboxylic acids is 2. The lowest BCUT2D eigenvalue weighted by Crippen LogP contribution is -2.47. The van der Waals surface area contributed by atoms with E-state index in [2.05, 4.69) is 10.3 Å². The molecular weight excluding hydrogens is 278 g/mol. The van der Waals surface area contributed by atoms with Gasteiger partial charge in [0.2, 0.25) is 5.91 Å². The van der Waals surface area contributed by atoms with Gasteiger partial charge < -0.3 is 10.2 Å². The summed E-state index contributed by atoms with van der Waals surface area (Å²) < 4.78 is 0. The van der Waals surface area contributed by atoms with Gasteiger partial charge in [0, 0.05) is 31.7 Å². The SMILES string of the molecule is C[C@@H](CNC(=O)c1ccc(Cl)cn1)N1CCCCC1=O. The average Bonchev–Trinajstić information content (AvgIpc) is 2.45. The highest BCUT2D eigenvalue weighted by Crippen LogP contribution is 2.13. The van der Waals surface area contributed by atoms with Crippen molar-refractivity contribution >= 4 is 23.4 Å². The molecule has 5 nitrogen and oxygen atoms in total. The third kappa shape index (κ3) is 3.70. The molecule has 1 N–H and O–H groups in total. The summed E-state index contributed by atoms with van der Waals surface area (Å²) in [5.41, 5.74) is 0.326. The zero-order valence-electron chi connectivity index (χ0n) is 11.4. The maximum Gasteiger partial charge on any atom is 0.269 e. The highest BCUT2D eigenvalue weighted by Gasteiger charge is 2.23. The highest BCUT2D eigenvalue weighted by molar-refractivity contribution is 6.30. The van der Waals surface area contributed by atoms with E-state index in [1.807, 2.05) is 11.8 Å². The zero-order valence-corrected chi connectivity index (χ0v) is 12.2. The lowest BCUT2D eigenvalue weighted by molar-refractivity contribution is -0.135. The topological polar surface area (TPSA) is 62.3 Å².